The second kappa shape index (κ2) is 6.83. The summed E-state index contributed by atoms with van der Waals surface area (Å²) in [6.45, 7) is 6.00. The van der Waals surface area contributed by atoms with Gasteiger partial charge >= 0.3 is 16.5 Å². The molecule has 0 saturated heterocycles. The molecule has 0 radical (unpaired) electrons. The fourth-order valence-corrected chi connectivity index (χ4v) is 0.220. The van der Waals surface area contributed by atoms with E-state index in [1.54, 1.807) is 0 Å². The third-order valence-corrected chi connectivity index (χ3v) is 0.494. The summed E-state index contributed by atoms with van der Waals surface area (Å²) in [5.74, 6) is 0. The van der Waals surface area contributed by atoms with Crippen molar-refractivity contribution in [2.45, 2.75) is 0 Å². The van der Waals surface area contributed by atoms with Gasteiger partial charge in [-0.3, -0.25) is 0 Å². The molecular formula is C3H6N2O3S. The number of nitrogens with zero attached hydrogens (tertiary/aromatic N) is 1. The average Bonchev–Trinajstić information content (AvgIpc) is 1.68. The fraction of sp³-hybridized carbons (Fsp3) is 0. The van der Waals surface area contributed by atoms with Crippen LogP contribution in [0.25, 0.3) is 0 Å². The SMILES string of the molecule is C=C.NC(=O)N=S(=O)=O. The van der Waals surface area contributed by atoms with Crippen LogP contribution in [-0.2, 0) is 10.5 Å². The number of primary amides is 1. The highest BCUT2D eigenvalue weighted by Gasteiger charge is 1.80. The maximum absolute atomic E-state index is 9.47. The van der Waals surface area contributed by atoms with Gasteiger partial charge in [-0.15, -0.1) is 13.2 Å². The summed E-state index contributed by atoms with van der Waals surface area (Å²) in [7, 11) is -2.70. The minimum atomic E-state index is -2.70. The standard InChI is InChI=1S/C2H4.CH2N2O3S/c1-2;2-1(4)3-7(5)6/h1-2H2;(H2,2,4). The van der Waals surface area contributed by atoms with E-state index in [9.17, 15) is 13.2 Å². The molecule has 0 spiro atoms. The summed E-state index contributed by atoms with van der Waals surface area (Å²) in [6, 6.07) is -1.20. The molecule has 0 aliphatic heterocycles. The summed E-state index contributed by atoms with van der Waals surface area (Å²) in [6.07, 6.45) is 0. The lowest BCUT2D eigenvalue weighted by Crippen LogP contribution is -2.02. The number of rotatable bonds is 0. The lowest BCUT2D eigenvalue weighted by molar-refractivity contribution is 0.257. The Bertz CT molecular complexity index is 197. The summed E-state index contributed by atoms with van der Waals surface area (Å²) in [4.78, 5) is 9.47. The van der Waals surface area contributed by atoms with Crippen molar-refractivity contribution in [1.82, 2.24) is 0 Å². The van der Waals surface area contributed by atoms with Gasteiger partial charge in [0.25, 0.3) is 0 Å². The molecule has 0 saturated carbocycles. The van der Waals surface area contributed by atoms with Gasteiger partial charge in [-0.1, -0.05) is 4.36 Å². The zero-order chi connectivity index (χ0) is 7.86. The monoisotopic (exact) mass is 150 g/mol. The van der Waals surface area contributed by atoms with Crippen molar-refractivity contribution in [2.75, 3.05) is 0 Å². The quantitative estimate of drug-likeness (QED) is 0.490. The van der Waals surface area contributed by atoms with Crippen LogP contribution in [0.5, 0.6) is 0 Å². The Hall–Kier alpha value is -1.17. The second-order valence-electron chi connectivity index (χ2n) is 0.647. The molecule has 0 rings (SSSR count). The van der Waals surface area contributed by atoms with Crippen molar-refractivity contribution in [2.24, 2.45) is 10.1 Å². The Labute approximate surface area is 53.9 Å². The van der Waals surface area contributed by atoms with Crippen LogP contribution in [0, 0.1) is 0 Å². The molecule has 0 aliphatic rings. The van der Waals surface area contributed by atoms with E-state index in [1.807, 2.05) is 0 Å². The van der Waals surface area contributed by atoms with E-state index >= 15 is 0 Å². The van der Waals surface area contributed by atoms with Gasteiger partial charge in [0, 0.05) is 0 Å². The molecule has 0 aromatic rings. The molecule has 0 aromatic heterocycles. The lowest BCUT2D eigenvalue weighted by atomic mass is 11.2. The van der Waals surface area contributed by atoms with Crippen LogP contribution in [0.3, 0.4) is 0 Å². The normalized spacial score (nSPS) is 6.22. The van der Waals surface area contributed by atoms with Crippen molar-refractivity contribution >= 4 is 16.5 Å². The number of urea groups is 1. The topological polar surface area (TPSA) is 89.6 Å². The zero-order valence-corrected chi connectivity index (χ0v) is 5.39. The van der Waals surface area contributed by atoms with Gasteiger partial charge < -0.3 is 5.73 Å². The molecule has 2 amide bonds. The summed E-state index contributed by atoms with van der Waals surface area (Å²) in [5.41, 5.74) is 4.29. The number of nitrogens with two attached hydrogens (primary N) is 1. The molecule has 0 aliphatic carbocycles. The van der Waals surface area contributed by atoms with Crippen LogP contribution >= 0.6 is 0 Å². The van der Waals surface area contributed by atoms with E-state index in [4.69, 9.17) is 0 Å². The van der Waals surface area contributed by atoms with Gasteiger partial charge in [0.2, 0.25) is 0 Å². The first-order valence-electron chi connectivity index (χ1n) is 1.73. The average molecular weight is 150 g/mol. The summed E-state index contributed by atoms with van der Waals surface area (Å²) >= 11 is 0. The minimum absolute atomic E-state index is 1.20. The predicted octanol–water partition coefficient (Wildman–Crippen LogP) is -0.0700. The van der Waals surface area contributed by atoms with Crippen molar-refractivity contribution < 1.29 is 13.2 Å². The van der Waals surface area contributed by atoms with Gasteiger partial charge in [0.05, 0.1) is 0 Å². The fourth-order valence-electron chi connectivity index (χ4n) is 0.0735. The van der Waals surface area contributed by atoms with Crippen LogP contribution in [0.2, 0.25) is 0 Å². The van der Waals surface area contributed by atoms with E-state index in [0.717, 1.165) is 0 Å². The largest absolute Gasteiger partial charge is 0.353 e. The van der Waals surface area contributed by atoms with Crippen molar-refractivity contribution in [3.63, 3.8) is 0 Å². The third kappa shape index (κ3) is 19.9. The number of carbonyl (C=O) groups excluding carboxylic acids is 1. The van der Waals surface area contributed by atoms with E-state index < -0.39 is 16.5 Å². The zero-order valence-electron chi connectivity index (χ0n) is 4.57. The smallest absolute Gasteiger partial charge is 0.349 e. The Kier molecular flexibility index (Phi) is 8.16. The van der Waals surface area contributed by atoms with Gasteiger partial charge in [0.15, 0.2) is 0 Å². The number of amides is 2. The van der Waals surface area contributed by atoms with E-state index in [2.05, 4.69) is 23.3 Å². The van der Waals surface area contributed by atoms with E-state index in [-0.39, 0.29) is 0 Å². The first-order valence-corrected chi connectivity index (χ1v) is 2.76. The molecule has 0 unspecified atom stereocenters. The number of carbonyl (C=O) groups is 1. The Balaban J connectivity index is 0. The molecule has 2 N–H and O–H groups in total. The lowest BCUT2D eigenvalue weighted by Gasteiger charge is -1.64. The molecule has 52 valence electrons. The molecule has 0 heterocycles. The first kappa shape index (κ1) is 10.7. The predicted molar refractivity (Wildman–Crippen MR) is 32.2 cm³/mol. The summed E-state index contributed by atoms with van der Waals surface area (Å²) in [5, 5.41) is 0. The molecule has 6 heteroatoms. The van der Waals surface area contributed by atoms with Crippen LogP contribution in [0.4, 0.5) is 4.79 Å². The summed E-state index contributed by atoms with van der Waals surface area (Å²) < 4.78 is 21.0. The van der Waals surface area contributed by atoms with Gasteiger partial charge in [-0.25, -0.2) is 4.79 Å². The van der Waals surface area contributed by atoms with E-state index in [0.29, 0.717) is 0 Å². The second-order valence-corrected chi connectivity index (χ2v) is 1.26. The van der Waals surface area contributed by atoms with Crippen molar-refractivity contribution in [3.05, 3.63) is 13.2 Å². The van der Waals surface area contributed by atoms with Crippen molar-refractivity contribution in [3.8, 4) is 0 Å². The maximum atomic E-state index is 9.47. The third-order valence-electron chi connectivity index (χ3n) is 0.165. The molecule has 0 bridgehead atoms. The van der Waals surface area contributed by atoms with Crippen LogP contribution in [0.1, 0.15) is 0 Å². The number of hydrogen-bond donors (Lipinski definition) is 1. The molecule has 5 nitrogen and oxygen atoms in total. The van der Waals surface area contributed by atoms with Gasteiger partial charge in [-0.05, 0) is 0 Å². The van der Waals surface area contributed by atoms with Gasteiger partial charge in [0.1, 0.15) is 0 Å². The van der Waals surface area contributed by atoms with Crippen LogP contribution in [-0.4, -0.2) is 14.4 Å². The molecule has 9 heavy (non-hydrogen) atoms. The highest BCUT2D eigenvalue weighted by atomic mass is 32.2. The van der Waals surface area contributed by atoms with E-state index in [1.165, 1.54) is 0 Å². The minimum Gasteiger partial charge on any atom is -0.349 e. The molecular weight excluding hydrogens is 144 g/mol. The van der Waals surface area contributed by atoms with Crippen LogP contribution < -0.4 is 5.73 Å². The Morgan fingerprint density at radius 2 is 1.78 bits per heavy atom. The molecule has 0 fully saturated rings. The highest BCUT2D eigenvalue weighted by molar-refractivity contribution is 7.62. The maximum Gasteiger partial charge on any atom is 0.353 e. The van der Waals surface area contributed by atoms with Gasteiger partial charge in [-0.2, -0.15) is 8.42 Å². The van der Waals surface area contributed by atoms with Crippen molar-refractivity contribution in [1.29, 1.82) is 0 Å². The number of hydrogen-bond acceptors (Lipinski definition) is 3. The molecule has 0 aromatic carbocycles. The van der Waals surface area contributed by atoms with Crippen LogP contribution in [0.15, 0.2) is 17.5 Å². The Morgan fingerprint density at radius 3 is 1.78 bits per heavy atom. The first-order chi connectivity index (χ1) is 4.13. The molecule has 0 atom stereocenters. The highest BCUT2D eigenvalue weighted by Crippen LogP contribution is 1.60. The Morgan fingerprint density at radius 1 is 1.44 bits per heavy atom.